The van der Waals surface area contributed by atoms with Crippen molar-refractivity contribution in [3.8, 4) is 0 Å². The van der Waals surface area contributed by atoms with Crippen LogP contribution in [0.5, 0.6) is 0 Å². The summed E-state index contributed by atoms with van der Waals surface area (Å²) in [5, 5.41) is 9.63. The van der Waals surface area contributed by atoms with E-state index in [1.807, 2.05) is 0 Å². The van der Waals surface area contributed by atoms with E-state index < -0.39 is 0 Å². The van der Waals surface area contributed by atoms with Gasteiger partial charge in [-0.2, -0.15) is 0 Å². The zero-order chi connectivity index (χ0) is 39.1. The lowest BCUT2D eigenvalue weighted by Crippen LogP contribution is -2.30. The first kappa shape index (κ1) is 51.9. The highest BCUT2D eigenvalue weighted by atomic mass is 16.5. The number of nitrogens with zero attached hydrogens (tertiary/aromatic N) is 1. The third kappa shape index (κ3) is 37.6. The van der Waals surface area contributed by atoms with Crippen LogP contribution in [-0.4, -0.2) is 61.4 Å². The van der Waals surface area contributed by atoms with Crippen LogP contribution >= 0.6 is 0 Å². The van der Waals surface area contributed by atoms with E-state index in [1.54, 1.807) is 0 Å². The molecule has 1 N–H and O–H groups in total. The maximum Gasteiger partial charge on any atom is 0.305 e. The predicted octanol–water partition coefficient (Wildman–Crippen LogP) is 13.6. The van der Waals surface area contributed by atoms with E-state index in [0.717, 1.165) is 90.3 Å². The first-order valence-corrected chi connectivity index (χ1v) is 23.4. The molecule has 0 aliphatic heterocycles. The van der Waals surface area contributed by atoms with Crippen molar-refractivity contribution in [1.29, 1.82) is 0 Å². The molecular formula is C47H93NO5. The summed E-state index contributed by atoms with van der Waals surface area (Å²) in [6, 6.07) is 0. The molecule has 0 aliphatic carbocycles. The van der Waals surface area contributed by atoms with Gasteiger partial charge in [0.2, 0.25) is 0 Å². The van der Waals surface area contributed by atoms with Crippen LogP contribution in [0.1, 0.15) is 240 Å². The van der Waals surface area contributed by atoms with E-state index in [4.69, 9.17) is 9.47 Å². The second-order valence-electron chi connectivity index (χ2n) is 17.2. The molecule has 0 aromatic heterocycles. The molecule has 6 heteroatoms. The molecular weight excluding hydrogens is 659 g/mol. The summed E-state index contributed by atoms with van der Waals surface area (Å²) in [5.74, 6) is 0.665. The van der Waals surface area contributed by atoms with E-state index in [1.165, 1.54) is 122 Å². The number of hydrogen-bond donors (Lipinski definition) is 1. The minimum absolute atomic E-state index is 0.0122. The van der Waals surface area contributed by atoms with Gasteiger partial charge >= 0.3 is 11.9 Å². The van der Waals surface area contributed by atoms with Gasteiger partial charge in [0, 0.05) is 19.4 Å². The quantitative estimate of drug-likeness (QED) is 0.0494. The van der Waals surface area contributed by atoms with E-state index in [-0.39, 0.29) is 24.0 Å². The van der Waals surface area contributed by atoms with E-state index in [9.17, 15) is 14.7 Å². The van der Waals surface area contributed by atoms with E-state index in [0.29, 0.717) is 32.0 Å². The average Bonchev–Trinajstić information content (AvgIpc) is 3.13. The molecule has 53 heavy (non-hydrogen) atoms. The summed E-state index contributed by atoms with van der Waals surface area (Å²) < 4.78 is 11.2. The molecule has 0 spiro atoms. The monoisotopic (exact) mass is 752 g/mol. The van der Waals surface area contributed by atoms with Crippen LogP contribution in [0.2, 0.25) is 0 Å². The highest BCUT2D eigenvalue weighted by Crippen LogP contribution is 2.28. The first-order valence-electron chi connectivity index (χ1n) is 23.4. The van der Waals surface area contributed by atoms with Gasteiger partial charge in [0.15, 0.2) is 0 Å². The third-order valence-electron chi connectivity index (χ3n) is 11.3. The Morgan fingerprint density at radius 3 is 1.42 bits per heavy atom. The SMILES string of the molecule is CCCCCCCCCCC(=O)OCCCC(C)(C)CCCN(CCO)CCCCCCCC(=O)OCCC(CCCCCCC)CCCCCCC. The van der Waals surface area contributed by atoms with Crippen molar-refractivity contribution in [3.63, 3.8) is 0 Å². The summed E-state index contributed by atoms with van der Waals surface area (Å²) >= 11 is 0. The number of carbonyl (C=O) groups is 2. The molecule has 0 rings (SSSR count). The molecule has 6 nitrogen and oxygen atoms in total. The van der Waals surface area contributed by atoms with Gasteiger partial charge in [0.25, 0.3) is 0 Å². The van der Waals surface area contributed by atoms with Crippen LogP contribution < -0.4 is 0 Å². The predicted molar refractivity (Wildman–Crippen MR) is 227 cm³/mol. The number of aliphatic hydroxyl groups is 1. The average molecular weight is 752 g/mol. The Balaban J connectivity index is 4.01. The molecule has 0 bridgehead atoms. The normalized spacial score (nSPS) is 11.9. The van der Waals surface area contributed by atoms with Crippen LogP contribution in [0.3, 0.4) is 0 Å². The van der Waals surface area contributed by atoms with Gasteiger partial charge in [-0.25, -0.2) is 0 Å². The fraction of sp³-hybridized carbons (Fsp3) is 0.957. The van der Waals surface area contributed by atoms with Gasteiger partial charge in [0.05, 0.1) is 19.8 Å². The summed E-state index contributed by atoms with van der Waals surface area (Å²) in [6.07, 6.45) is 37.7. The highest BCUT2D eigenvalue weighted by molar-refractivity contribution is 5.69. The van der Waals surface area contributed by atoms with Crippen molar-refractivity contribution in [2.24, 2.45) is 11.3 Å². The lowest BCUT2D eigenvalue weighted by atomic mass is 9.83. The second kappa shape index (κ2) is 39.1. The third-order valence-corrected chi connectivity index (χ3v) is 11.3. The maximum atomic E-state index is 12.4. The van der Waals surface area contributed by atoms with Crippen LogP contribution in [0.15, 0.2) is 0 Å². The van der Waals surface area contributed by atoms with Gasteiger partial charge in [0.1, 0.15) is 0 Å². The summed E-state index contributed by atoms with van der Waals surface area (Å²) in [6.45, 7) is 15.6. The smallest absolute Gasteiger partial charge is 0.305 e. The van der Waals surface area contributed by atoms with Crippen LogP contribution in [0.25, 0.3) is 0 Å². The molecule has 0 amide bonds. The molecule has 0 atom stereocenters. The van der Waals surface area contributed by atoms with Crippen LogP contribution in [0, 0.1) is 11.3 Å². The van der Waals surface area contributed by atoms with Crippen LogP contribution in [-0.2, 0) is 19.1 Å². The summed E-state index contributed by atoms with van der Waals surface area (Å²) in [4.78, 5) is 26.9. The minimum atomic E-state index is -0.0306. The summed E-state index contributed by atoms with van der Waals surface area (Å²) in [5.41, 5.74) is 0.222. The Kier molecular flexibility index (Phi) is 38.3. The molecule has 0 aromatic rings. The van der Waals surface area contributed by atoms with Gasteiger partial charge < -0.3 is 19.5 Å². The van der Waals surface area contributed by atoms with Gasteiger partial charge in [-0.1, -0.05) is 176 Å². The summed E-state index contributed by atoms with van der Waals surface area (Å²) in [7, 11) is 0. The van der Waals surface area contributed by atoms with E-state index >= 15 is 0 Å². The molecule has 0 aliphatic rings. The largest absolute Gasteiger partial charge is 0.466 e. The molecule has 0 heterocycles. The topological polar surface area (TPSA) is 76.1 Å². The Morgan fingerprint density at radius 1 is 0.491 bits per heavy atom. The molecule has 316 valence electrons. The minimum Gasteiger partial charge on any atom is -0.466 e. The zero-order valence-electron chi connectivity index (χ0n) is 36.5. The van der Waals surface area contributed by atoms with Crippen molar-refractivity contribution in [1.82, 2.24) is 4.90 Å². The molecule has 0 fully saturated rings. The van der Waals surface area contributed by atoms with Crippen molar-refractivity contribution in [2.75, 3.05) is 39.5 Å². The fourth-order valence-electron chi connectivity index (χ4n) is 7.65. The van der Waals surface area contributed by atoms with Crippen molar-refractivity contribution < 1.29 is 24.2 Å². The number of rotatable bonds is 42. The van der Waals surface area contributed by atoms with Gasteiger partial charge in [-0.15, -0.1) is 0 Å². The van der Waals surface area contributed by atoms with Crippen LogP contribution in [0.4, 0.5) is 0 Å². The maximum absolute atomic E-state index is 12.4. The van der Waals surface area contributed by atoms with E-state index in [2.05, 4.69) is 39.5 Å². The Hall–Kier alpha value is -1.14. The van der Waals surface area contributed by atoms with Gasteiger partial charge in [-0.05, 0) is 75.8 Å². The highest BCUT2D eigenvalue weighted by Gasteiger charge is 2.18. The van der Waals surface area contributed by atoms with Crippen molar-refractivity contribution in [3.05, 3.63) is 0 Å². The van der Waals surface area contributed by atoms with Crippen molar-refractivity contribution >= 4 is 11.9 Å². The molecule has 0 saturated carbocycles. The molecule has 0 radical (unpaired) electrons. The second-order valence-corrected chi connectivity index (χ2v) is 17.2. The molecule has 0 aromatic carbocycles. The Labute approximate surface area is 331 Å². The lowest BCUT2D eigenvalue weighted by Gasteiger charge is -2.27. The lowest BCUT2D eigenvalue weighted by molar-refractivity contribution is -0.145. The number of aliphatic hydroxyl groups excluding tert-OH is 1. The van der Waals surface area contributed by atoms with Crippen molar-refractivity contribution in [2.45, 2.75) is 240 Å². The Bertz CT molecular complexity index is 773. The number of hydrogen-bond acceptors (Lipinski definition) is 6. The number of unbranched alkanes of at least 4 members (excludes halogenated alkanes) is 19. The first-order chi connectivity index (χ1) is 25.8. The van der Waals surface area contributed by atoms with Gasteiger partial charge in [-0.3, -0.25) is 9.59 Å². The molecule has 0 saturated heterocycles. The standard InChI is InChI=1S/C47H93NO5/c1-6-9-12-15-16-17-21-26-33-45(50)52-42-30-37-47(4,5)36-29-39-48(40-41-49)38-28-23-18-22-27-34-46(51)53-43-35-44(31-24-19-13-10-7-2)32-25-20-14-11-8-3/h44,49H,6-43H2,1-5H3. The fourth-order valence-corrected chi connectivity index (χ4v) is 7.65. The number of ether oxygens (including phenoxy) is 2. The number of esters is 2. The molecule has 0 unspecified atom stereocenters. The Morgan fingerprint density at radius 2 is 0.906 bits per heavy atom. The zero-order valence-corrected chi connectivity index (χ0v) is 36.5. The number of carbonyl (C=O) groups excluding carboxylic acids is 2.